The first-order valence-electron chi connectivity index (χ1n) is 8.74. The van der Waals surface area contributed by atoms with E-state index in [2.05, 4.69) is 34.5 Å². The summed E-state index contributed by atoms with van der Waals surface area (Å²) in [5, 5.41) is 2.93. The molecule has 2 aromatic rings. The Morgan fingerprint density at radius 1 is 1.00 bits per heavy atom. The number of nitrogens with one attached hydrogen (secondary N) is 1. The fraction of sp³-hybridized carbons (Fsp3) is 0.350. The van der Waals surface area contributed by atoms with Gasteiger partial charge in [0, 0.05) is 38.8 Å². The molecule has 1 aliphatic heterocycles. The Morgan fingerprint density at radius 3 is 2.38 bits per heavy atom. The minimum absolute atomic E-state index is 0.104. The number of carbonyl (C=O) groups excluding carboxylic acids is 1. The van der Waals surface area contributed by atoms with Gasteiger partial charge in [0.25, 0.3) is 0 Å². The molecule has 1 saturated heterocycles. The summed E-state index contributed by atoms with van der Waals surface area (Å²) < 4.78 is 10.5. The average Bonchev–Trinajstić information content (AvgIpc) is 2.69. The number of methoxy groups -OCH3 is 2. The molecular weight excluding hydrogens is 330 g/mol. The highest BCUT2D eigenvalue weighted by molar-refractivity contribution is 5.91. The van der Waals surface area contributed by atoms with Crippen LogP contribution in [0.25, 0.3) is 0 Å². The molecule has 1 N–H and O–H groups in total. The summed E-state index contributed by atoms with van der Waals surface area (Å²) in [4.78, 5) is 16.8. The van der Waals surface area contributed by atoms with Crippen LogP contribution in [0.5, 0.6) is 11.5 Å². The fourth-order valence-corrected chi connectivity index (χ4v) is 3.05. The van der Waals surface area contributed by atoms with Gasteiger partial charge in [0.05, 0.1) is 19.9 Å². The van der Waals surface area contributed by atoms with Crippen LogP contribution in [0.4, 0.5) is 10.5 Å². The van der Waals surface area contributed by atoms with E-state index in [4.69, 9.17) is 9.47 Å². The van der Waals surface area contributed by atoms with Gasteiger partial charge in [-0.2, -0.15) is 0 Å². The highest BCUT2D eigenvalue weighted by Crippen LogP contribution is 2.29. The number of piperazine rings is 1. The number of urea groups is 1. The number of carbonyl (C=O) groups is 1. The topological polar surface area (TPSA) is 54.0 Å². The van der Waals surface area contributed by atoms with E-state index in [1.807, 2.05) is 11.0 Å². The molecule has 0 spiro atoms. The quantitative estimate of drug-likeness (QED) is 0.896. The van der Waals surface area contributed by atoms with Crippen LogP contribution in [0.1, 0.15) is 5.56 Å². The van der Waals surface area contributed by atoms with E-state index in [0.717, 1.165) is 19.6 Å². The van der Waals surface area contributed by atoms with Gasteiger partial charge in [-0.1, -0.05) is 30.3 Å². The van der Waals surface area contributed by atoms with Crippen molar-refractivity contribution in [1.29, 1.82) is 0 Å². The molecule has 0 atom stereocenters. The van der Waals surface area contributed by atoms with Gasteiger partial charge in [-0.25, -0.2) is 4.79 Å². The fourth-order valence-electron chi connectivity index (χ4n) is 3.05. The van der Waals surface area contributed by atoms with Gasteiger partial charge in [-0.05, 0) is 17.7 Å². The third kappa shape index (κ3) is 4.46. The first kappa shape index (κ1) is 18.1. The Hall–Kier alpha value is -2.73. The molecule has 0 aromatic heterocycles. The number of amides is 2. The van der Waals surface area contributed by atoms with Crippen molar-refractivity contribution in [3.8, 4) is 11.5 Å². The maximum atomic E-state index is 12.6. The summed E-state index contributed by atoms with van der Waals surface area (Å²) in [6.07, 6.45) is 0. The zero-order chi connectivity index (χ0) is 18.4. The van der Waals surface area contributed by atoms with E-state index >= 15 is 0 Å². The zero-order valence-electron chi connectivity index (χ0n) is 15.3. The summed E-state index contributed by atoms with van der Waals surface area (Å²) >= 11 is 0. The number of hydrogen-bond donors (Lipinski definition) is 1. The molecule has 0 aliphatic carbocycles. The van der Waals surface area contributed by atoms with Crippen LogP contribution in [0.2, 0.25) is 0 Å². The van der Waals surface area contributed by atoms with Crippen LogP contribution < -0.4 is 14.8 Å². The van der Waals surface area contributed by atoms with Gasteiger partial charge in [-0.15, -0.1) is 0 Å². The number of anilines is 1. The zero-order valence-corrected chi connectivity index (χ0v) is 15.3. The van der Waals surface area contributed by atoms with Crippen molar-refractivity contribution >= 4 is 11.7 Å². The molecule has 1 aliphatic rings. The van der Waals surface area contributed by atoms with Crippen molar-refractivity contribution in [1.82, 2.24) is 9.80 Å². The number of benzene rings is 2. The van der Waals surface area contributed by atoms with Crippen LogP contribution in [0, 0.1) is 0 Å². The second-order valence-electron chi connectivity index (χ2n) is 6.25. The number of ether oxygens (including phenoxy) is 2. The molecule has 6 nitrogen and oxygen atoms in total. The second-order valence-corrected chi connectivity index (χ2v) is 6.25. The average molecular weight is 355 g/mol. The van der Waals surface area contributed by atoms with Gasteiger partial charge in [-0.3, -0.25) is 4.90 Å². The van der Waals surface area contributed by atoms with Crippen LogP contribution in [0.15, 0.2) is 48.5 Å². The van der Waals surface area contributed by atoms with Gasteiger partial charge in [0.2, 0.25) is 0 Å². The largest absolute Gasteiger partial charge is 0.497 e. The molecule has 26 heavy (non-hydrogen) atoms. The Bertz CT molecular complexity index is 728. The van der Waals surface area contributed by atoms with Crippen molar-refractivity contribution < 1.29 is 14.3 Å². The molecule has 138 valence electrons. The van der Waals surface area contributed by atoms with Gasteiger partial charge in [0.1, 0.15) is 11.5 Å². The molecule has 1 fully saturated rings. The van der Waals surface area contributed by atoms with Gasteiger partial charge in [0.15, 0.2) is 0 Å². The van der Waals surface area contributed by atoms with Crippen LogP contribution in [-0.2, 0) is 6.54 Å². The van der Waals surface area contributed by atoms with Crippen LogP contribution in [-0.4, -0.2) is 56.2 Å². The molecular formula is C20H25N3O3. The third-order valence-corrected chi connectivity index (χ3v) is 4.56. The molecule has 0 radical (unpaired) electrons. The van der Waals surface area contributed by atoms with Gasteiger partial charge >= 0.3 is 6.03 Å². The summed E-state index contributed by atoms with van der Waals surface area (Å²) in [5.41, 5.74) is 1.94. The van der Waals surface area contributed by atoms with E-state index in [-0.39, 0.29) is 6.03 Å². The Labute approximate surface area is 154 Å². The first-order chi connectivity index (χ1) is 12.7. The lowest BCUT2D eigenvalue weighted by molar-refractivity contribution is 0.143. The normalized spacial score (nSPS) is 14.8. The lowest BCUT2D eigenvalue weighted by atomic mass is 10.2. The minimum atomic E-state index is -0.104. The SMILES string of the molecule is COc1ccc(NC(=O)N2CCN(Cc3ccccc3)CC2)c(OC)c1. The first-order valence-corrected chi connectivity index (χ1v) is 8.74. The standard InChI is InChI=1S/C20H25N3O3/c1-25-17-8-9-18(19(14-17)26-2)21-20(24)23-12-10-22(11-13-23)15-16-6-4-3-5-7-16/h3-9,14H,10-13,15H2,1-2H3,(H,21,24). The molecule has 1 heterocycles. The Kier molecular flexibility index (Phi) is 5.96. The summed E-state index contributed by atoms with van der Waals surface area (Å²) in [5.74, 6) is 1.27. The summed E-state index contributed by atoms with van der Waals surface area (Å²) in [6.45, 7) is 4.06. The highest BCUT2D eigenvalue weighted by Gasteiger charge is 2.22. The van der Waals surface area contributed by atoms with Crippen molar-refractivity contribution in [2.75, 3.05) is 45.7 Å². The van der Waals surface area contributed by atoms with E-state index in [1.54, 1.807) is 32.4 Å². The van der Waals surface area contributed by atoms with E-state index in [1.165, 1.54) is 5.56 Å². The number of hydrogen-bond acceptors (Lipinski definition) is 4. The van der Waals surface area contributed by atoms with E-state index < -0.39 is 0 Å². The van der Waals surface area contributed by atoms with E-state index in [9.17, 15) is 4.79 Å². The molecule has 3 rings (SSSR count). The molecule has 6 heteroatoms. The predicted octanol–water partition coefficient (Wildman–Crippen LogP) is 3.05. The molecule has 2 amide bonds. The number of rotatable bonds is 5. The lowest BCUT2D eigenvalue weighted by Crippen LogP contribution is -2.49. The number of nitrogens with zero attached hydrogens (tertiary/aromatic N) is 2. The highest BCUT2D eigenvalue weighted by atomic mass is 16.5. The smallest absolute Gasteiger partial charge is 0.322 e. The van der Waals surface area contributed by atoms with Crippen molar-refractivity contribution in [2.45, 2.75) is 6.54 Å². The molecule has 0 bridgehead atoms. The van der Waals surface area contributed by atoms with Gasteiger partial charge < -0.3 is 19.7 Å². The van der Waals surface area contributed by atoms with Crippen molar-refractivity contribution in [3.05, 3.63) is 54.1 Å². The Morgan fingerprint density at radius 2 is 1.73 bits per heavy atom. The monoisotopic (exact) mass is 355 g/mol. The molecule has 0 unspecified atom stereocenters. The maximum absolute atomic E-state index is 12.6. The predicted molar refractivity (Wildman–Crippen MR) is 102 cm³/mol. The maximum Gasteiger partial charge on any atom is 0.322 e. The Balaban J connectivity index is 1.54. The molecule has 0 saturated carbocycles. The minimum Gasteiger partial charge on any atom is -0.497 e. The van der Waals surface area contributed by atoms with E-state index in [0.29, 0.717) is 30.3 Å². The summed E-state index contributed by atoms with van der Waals surface area (Å²) in [6, 6.07) is 15.7. The second kappa shape index (κ2) is 8.58. The van der Waals surface area contributed by atoms with Crippen LogP contribution in [0.3, 0.4) is 0 Å². The van der Waals surface area contributed by atoms with Crippen molar-refractivity contribution in [2.24, 2.45) is 0 Å². The lowest BCUT2D eigenvalue weighted by Gasteiger charge is -2.34. The van der Waals surface area contributed by atoms with Crippen LogP contribution >= 0.6 is 0 Å². The third-order valence-electron chi connectivity index (χ3n) is 4.56. The van der Waals surface area contributed by atoms with Crippen molar-refractivity contribution in [3.63, 3.8) is 0 Å². The molecule has 2 aromatic carbocycles. The summed E-state index contributed by atoms with van der Waals surface area (Å²) in [7, 11) is 3.18.